The van der Waals surface area contributed by atoms with Gasteiger partial charge >= 0.3 is 0 Å². The van der Waals surface area contributed by atoms with Crippen LogP contribution in [0.4, 0.5) is 0 Å². The van der Waals surface area contributed by atoms with Gasteiger partial charge in [-0.1, -0.05) is 5.16 Å². The van der Waals surface area contributed by atoms with Gasteiger partial charge in [0.15, 0.2) is 0 Å². The number of hydrogen-bond donors (Lipinski definition) is 1. The SMILES string of the molecule is Cc1noc(Cl)c1CC(=O)N1CCN([C@@H]2CCC[C@H]2O)CC1. The van der Waals surface area contributed by atoms with E-state index in [9.17, 15) is 9.90 Å². The number of aryl methyl sites for hydroxylation is 1. The predicted molar refractivity (Wildman–Crippen MR) is 81.8 cm³/mol. The second kappa shape index (κ2) is 6.56. The lowest BCUT2D eigenvalue weighted by molar-refractivity contribution is -0.132. The Morgan fingerprint density at radius 1 is 1.36 bits per heavy atom. The molecule has 1 N–H and O–H groups in total. The van der Waals surface area contributed by atoms with Crippen molar-refractivity contribution in [3.63, 3.8) is 0 Å². The number of hydrogen-bond acceptors (Lipinski definition) is 5. The highest BCUT2D eigenvalue weighted by molar-refractivity contribution is 6.29. The average Bonchev–Trinajstić information content (AvgIpc) is 3.08. The van der Waals surface area contributed by atoms with E-state index in [0.29, 0.717) is 24.3 Å². The van der Waals surface area contributed by atoms with Gasteiger partial charge in [0.2, 0.25) is 11.1 Å². The molecule has 1 aromatic rings. The van der Waals surface area contributed by atoms with E-state index in [1.165, 1.54) is 0 Å². The van der Waals surface area contributed by atoms with E-state index in [2.05, 4.69) is 10.1 Å². The molecule has 2 heterocycles. The molecule has 22 heavy (non-hydrogen) atoms. The highest BCUT2D eigenvalue weighted by Gasteiger charge is 2.33. The van der Waals surface area contributed by atoms with Crippen molar-refractivity contribution in [3.8, 4) is 0 Å². The molecule has 0 aromatic carbocycles. The van der Waals surface area contributed by atoms with E-state index in [0.717, 1.165) is 32.4 Å². The quantitative estimate of drug-likeness (QED) is 0.904. The van der Waals surface area contributed by atoms with Crippen molar-refractivity contribution < 1.29 is 14.4 Å². The maximum Gasteiger partial charge on any atom is 0.229 e. The minimum Gasteiger partial charge on any atom is -0.391 e. The summed E-state index contributed by atoms with van der Waals surface area (Å²) in [6.45, 7) is 4.83. The third-order valence-electron chi connectivity index (χ3n) is 4.84. The molecule has 1 aliphatic heterocycles. The molecule has 1 aliphatic carbocycles. The van der Waals surface area contributed by atoms with Crippen LogP contribution < -0.4 is 0 Å². The lowest BCUT2D eigenvalue weighted by Crippen LogP contribution is -2.53. The third kappa shape index (κ3) is 3.14. The molecule has 1 saturated carbocycles. The number of aromatic nitrogens is 1. The van der Waals surface area contributed by atoms with E-state index < -0.39 is 0 Å². The minimum atomic E-state index is -0.208. The summed E-state index contributed by atoms with van der Waals surface area (Å²) in [5.41, 5.74) is 1.35. The molecule has 0 unspecified atom stereocenters. The largest absolute Gasteiger partial charge is 0.391 e. The van der Waals surface area contributed by atoms with Gasteiger partial charge < -0.3 is 14.5 Å². The molecule has 0 bridgehead atoms. The van der Waals surface area contributed by atoms with Crippen LogP contribution in [0.3, 0.4) is 0 Å². The van der Waals surface area contributed by atoms with Crippen molar-refractivity contribution in [1.82, 2.24) is 15.0 Å². The Hall–Kier alpha value is -1.11. The normalized spacial score (nSPS) is 26.6. The van der Waals surface area contributed by atoms with Crippen molar-refractivity contribution in [2.45, 2.75) is 44.8 Å². The number of carbonyl (C=O) groups excluding carboxylic acids is 1. The first-order chi connectivity index (χ1) is 10.6. The number of halogens is 1. The van der Waals surface area contributed by atoms with Gasteiger partial charge in [-0.2, -0.15) is 0 Å². The monoisotopic (exact) mass is 327 g/mol. The van der Waals surface area contributed by atoms with Gasteiger partial charge in [-0.05, 0) is 37.8 Å². The van der Waals surface area contributed by atoms with Crippen LogP contribution in [0.25, 0.3) is 0 Å². The van der Waals surface area contributed by atoms with Gasteiger partial charge in [0.05, 0.1) is 18.2 Å². The Bertz CT molecular complexity index is 521. The summed E-state index contributed by atoms with van der Waals surface area (Å²) >= 11 is 5.92. The van der Waals surface area contributed by atoms with Crippen LogP contribution >= 0.6 is 11.6 Å². The van der Waals surface area contributed by atoms with Crippen LogP contribution in [-0.4, -0.2) is 64.3 Å². The van der Waals surface area contributed by atoms with E-state index in [1.807, 2.05) is 4.90 Å². The van der Waals surface area contributed by atoms with Gasteiger partial charge in [-0.25, -0.2) is 0 Å². The Morgan fingerprint density at radius 3 is 2.64 bits per heavy atom. The van der Waals surface area contributed by atoms with Crippen LogP contribution in [-0.2, 0) is 11.2 Å². The van der Waals surface area contributed by atoms with E-state index >= 15 is 0 Å². The lowest BCUT2D eigenvalue weighted by atomic mass is 10.1. The minimum absolute atomic E-state index is 0.0554. The van der Waals surface area contributed by atoms with E-state index in [-0.39, 0.29) is 29.7 Å². The third-order valence-corrected chi connectivity index (χ3v) is 5.14. The van der Waals surface area contributed by atoms with Crippen molar-refractivity contribution in [3.05, 3.63) is 16.5 Å². The van der Waals surface area contributed by atoms with Gasteiger partial charge in [0, 0.05) is 37.8 Å². The lowest BCUT2D eigenvalue weighted by Gasteiger charge is -2.39. The number of aliphatic hydroxyl groups is 1. The number of carbonyl (C=O) groups is 1. The number of piperazine rings is 1. The summed E-state index contributed by atoms with van der Waals surface area (Å²) in [6, 6.07) is 0.270. The summed E-state index contributed by atoms with van der Waals surface area (Å²) in [5.74, 6) is 0.0554. The van der Waals surface area contributed by atoms with Crippen LogP contribution in [0.2, 0.25) is 5.22 Å². The van der Waals surface area contributed by atoms with E-state index in [1.54, 1.807) is 6.92 Å². The molecule has 2 fully saturated rings. The molecule has 2 aliphatic rings. The number of aliphatic hydroxyl groups excluding tert-OH is 1. The molecular formula is C15H22ClN3O3. The summed E-state index contributed by atoms with van der Waals surface area (Å²) in [7, 11) is 0. The molecule has 0 spiro atoms. The van der Waals surface area contributed by atoms with Gasteiger partial charge in [0.1, 0.15) is 0 Å². The summed E-state index contributed by atoms with van der Waals surface area (Å²) in [5, 5.41) is 14.0. The Kier molecular flexibility index (Phi) is 4.70. The molecule has 6 nitrogen and oxygen atoms in total. The Balaban J connectivity index is 1.54. The number of rotatable bonds is 3. The first-order valence-corrected chi connectivity index (χ1v) is 8.24. The maximum atomic E-state index is 12.4. The zero-order valence-electron chi connectivity index (χ0n) is 12.8. The molecule has 1 amide bonds. The van der Waals surface area contributed by atoms with Gasteiger partial charge in [-0.15, -0.1) is 0 Å². The van der Waals surface area contributed by atoms with Crippen molar-refractivity contribution >= 4 is 17.5 Å². The summed E-state index contributed by atoms with van der Waals surface area (Å²) in [6.07, 6.45) is 3.08. The molecule has 7 heteroatoms. The molecule has 1 aromatic heterocycles. The fourth-order valence-corrected chi connectivity index (χ4v) is 3.71. The first-order valence-electron chi connectivity index (χ1n) is 7.87. The summed E-state index contributed by atoms with van der Waals surface area (Å²) in [4.78, 5) is 16.6. The molecular weight excluding hydrogens is 306 g/mol. The van der Waals surface area contributed by atoms with Crippen LogP contribution in [0.15, 0.2) is 4.52 Å². The highest BCUT2D eigenvalue weighted by atomic mass is 35.5. The second-order valence-corrected chi connectivity index (χ2v) is 6.52. The molecule has 2 atom stereocenters. The van der Waals surface area contributed by atoms with Crippen LogP contribution in [0.5, 0.6) is 0 Å². The van der Waals surface area contributed by atoms with Crippen molar-refractivity contribution in [2.24, 2.45) is 0 Å². The summed E-state index contributed by atoms with van der Waals surface area (Å²) < 4.78 is 4.89. The second-order valence-electron chi connectivity index (χ2n) is 6.18. The van der Waals surface area contributed by atoms with E-state index in [4.69, 9.17) is 16.1 Å². The van der Waals surface area contributed by atoms with Crippen LogP contribution in [0.1, 0.15) is 30.5 Å². The molecule has 122 valence electrons. The van der Waals surface area contributed by atoms with Crippen molar-refractivity contribution in [1.29, 1.82) is 0 Å². The van der Waals surface area contributed by atoms with Gasteiger partial charge in [-0.3, -0.25) is 9.69 Å². The fourth-order valence-electron chi connectivity index (χ4n) is 3.47. The average molecular weight is 328 g/mol. The zero-order valence-corrected chi connectivity index (χ0v) is 13.6. The Labute approximate surface area is 135 Å². The molecule has 1 saturated heterocycles. The van der Waals surface area contributed by atoms with Crippen molar-refractivity contribution in [2.75, 3.05) is 26.2 Å². The number of amides is 1. The molecule has 3 rings (SSSR count). The molecule has 0 radical (unpaired) electrons. The predicted octanol–water partition coefficient (Wildman–Crippen LogP) is 1.24. The highest BCUT2D eigenvalue weighted by Crippen LogP contribution is 2.25. The smallest absolute Gasteiger partial charge is 0.229 e. The topological polar surface area (TPSA) is 69.8 Å². The number of nitrogens with zero attached hydrogens (tertiary/aromatic N) is 3. The first kappa shape index (κ1) is 15.8. The van der Waals surface area contributed by atoms with Crippen LogP contribution in [0, 0.1) is 6.92 Å². The van der Waals surface area contributed by atoms with Gasteiger partial charge in [0.25, 0.3) is 0 Å². The standard InChI is InChI=1S/C15H22ClN3O3/c1-10-11(15(16)22-17-10)9-14(21)19-7-5-18(6-8-19)12-3-2-4-13(12)20/h12-13,20H,2-9H2,1H3/t12-,13-/m1/s1. The fraction of sp³-hybridized carbons (Fsp3) is 0.733. The Morgan fingerprint density at radius 2 is 2.09 bits per heavy atom. The maximum absolute atomic E-state index is 12.4. The zero-order chi connectivity index (χ0) is 15.7.